The van der Waals surface area contributed by atoms with E-state index in [2.05, 4.69) is 19.1 Å². The minimum absolute atomic E-state index is 0.592. The zero-order valence-corrected chi connectivity index (χ0v) is 12.4. The van der Waals surface area contributed by atoms with E-state index in [1.54, 1.807) is 0 Å². The molecule has 1 N–H and O–H groups in total. The quantitative estimate of drug-likeness (QED) is 0.877. The van der Waals surface area contributed by atoms with E-state index in [9.17, 15) is 10.4 Å². The first kappa shape index (κ1) is 15.1. The highest BCUT2D eigenvalue weighted by Gasteiger charge is 2.39. The Balaban J connectivity index is 2.31. The van der Waals surface area contributed by atoms with Crippen molar-refractivity contribution >= 4 is 0 Å². The van der Waals surface area contributed by atoms with Crippen molar-refractivity contribution in [2.24, 2.45) is 5.41 Å². The van der Waals surface area contributed by atoms with Crippen molar-refractivity contribution < 1.29 is 5.11 Å². The standard InChI is InChI=1S/C18H25NO/c1-2-15-10-6-7-11-16(15)17(20)18(14-19)12-8-4-3-5-9-13-18/h6-7,10-11,17,20H,2-5,8-9,12-13H2,1H3. The Morgan fingerprint density at radius 2 is 1.75 bits per heavy atom. The Morgan fingerprint density at radius 3 is 2.35 bits per heavy atom. The lowest BCUT2D eigenvalue weighted by Gasteiger charge is -2.34. The van der Waals surface area contributed by atoms with E-state index in [0.29, 0.717) is 0 Å². The predicted octanol–water partition coefficient (Wildman–Crippen LogP) is 4.54. The number of rotatable bonds is 3. The van der Waals surface area contributed by atoms with Gasteiger partial charge >= 0.3 is 0 Å². The van der Waals surface area contributed by atoms with Crippen LogP contribution in [-0.4, -0.2) is 5.11 Å². The van der Waals surface area contributed by atoms with Crippen molar-refractivity contribution in [3.05, 3.63) is 35.4 Å². The first-order valence-corrected chi connectivity index (χ1v) is 7.90. The van der Waals surface area contributed by atoms with Crippen LogP contribution in [0.15, 0.2) is 24.3 Å². The number of benzene rings is 1. The molecule has 0 aromatic heterocycles. The predicted molar refractivity (Wildman–Crippen MR) is 81.1 cm³/mol. The summed E-state index contributed by atoms with van der Waals surface area (Å²) in [6, 6.07) is 10.5. The minimum atomic E-state index is -0.651. The van der Waals surface area contributed by atoms with E-state index in [-0.39, 0.29) is 0 Å². The Bertz CT molecular complexity index is 467. The van der Waals surface area contributed by atoms with Gasteiger partial charge in [-0.15, -0.1) is 0 Å². The van der Waals surface area contributed by atoms with Gasteiger partial charge in [0.25, 0.3) is 0 Å². The van der Waals surface area contributed by atoms with E-state index < -0.39 is 11.5 Å². The SMILES string of the molecule is CCc1ccccc1C(O)C1(C#N)CCCCCCC1. The van der Waals surface area contributed by atoms with Gasteiger partial charge in [-0.3, -0.25) is 0 Å². The van der Waals surface area contributed by atoms with Gasteiger partial charge in [0.05, 0.1) is 17.6 Å². The molecule has 20 heavy (non-hydrogen) atoms. The first-order chi connectivity index (χ1) is 9.73. The van der Waals surface area contributed by atoms with Crippen LogP contribution in [0.2, 0.25) is 0 Å². The summed E-state index contributed by atoms with van der Waals surface area (Å²) in [5.74, 6) is 0. The lowest BCUT2D eigenvalue weighted by Crippen LogP contribution is -2.29. The largest absolute Gasteiger partial charge is 0.387 e. The van der Waals surface area contributed by atoms with Gasteiger partial charge in [-0.05, 0) is 30.4 Å². The van der Waals surface area contributed by atoms with Crippen LogP contribution >= 0.6 is 0 Å². The summed E-state index contributed by atoms with van der Waals surface area (Å²) >= 11 is 0. The van der Waals surface area contributed by atoms with Crippen molar-refractivity contribution in [1.29, 1.82) is 5.26 Å². The van der Waals surface area contributed by atoms with Crippen LogP contribution in [0.4, 0.5) is 0 Å². The molecule has 1 aromatic carbocycles. The Hall–Kier alpha value is -1.33. The fourth-order valence-corrected chi connectivity index (χ4v) is 3.40. The number of aliphatic hydroxyl groups is 1. The highest BCUT2D eigenvalue weighted by molar-refractivity contribution is 5.32. The van der Waals surface area contributed by atoms with Crippen molar-refractivity contribution in [2.75, 3.05) is 0 Å². The Morgan fingerprint density at radius 1 is 1.15 bits per heavy atom. The number of nitriles is 1. The van der Waals surface area contributed by atoms with Gasteiger partial charge < -0.3 is 5.11 Å². The van der Waals surface area contributed by atoms with Crippen LogP contribution in [0.1, 0.15) is 69.1 Å². The van der Waals surface area contributed by atoms with Crippen molar-refractivity contribution in [3.63, 3.8) is 0 Å². The summed E-state index contributed by atoms with van der Waals surface area (Å²) < 4.78 is 0. The second-order valence-corrected chi connectivity index (χ2v) is 5.99. The van der Waals surface area contributed by atoms with Crippen LogP contribution in [0.25, 0.3) is 0 Å². The number of hydrogen-bond acceptors (Lipinski definition) is 2. The van der Waals surface area contributed by atoms with Crippen molar-refractivity contribution in [3.8, 4) is 6.07 Å². The number of aliphatic hydroxyl groups excluding tert-OH is 1. The van der Waals surface area contributed by atoms with E-state index in [1.165, 1.54) is 19.3 Å². The molecule has 0 spiro atoms. The maximum atomic E-state index is 10.9. The molecular weight excluding hydrogens is 246 g/mol. The third kappa shape index (κ3) is 3.04. The van der Waals surface area contributed by atoms with E-state index in [0.717, 1.165) is 43.2 Å². The fourth-order valence-electron chi connectivity index (χ4n) is 3.40. The van der Waals surface area contributed by atoms with Gasteiger partial charge in [-0.25, -0.2) is 0 Å². The highest BCUT2D eigenvalue weighted by Crippen LogP contribution is 2.44. The Kier molecular flexibility index (Phi) is 5.20. The summed E-state index contributed by atoms with van der Waals surface area (Å²) in [5, 5.41) is 20.6. The first-order valence-electron chi connectivity index (χ1n) is 7.90. The van der Waals surface area contributed by atoms with Crippen LogP contribution in [0.3, 0.4) is 0 Å². The van der Waals surface area contributed by atoms with Crippen LogP contribution in [0, 0.1) is 16.7 Å². The molecule has 2 heteroatoms. The zero-order valence-electron chi connectivity index (χ0n) is 12.4. The molecule has 0 aliphatic heterocycles. The highest BCUT2D eigenvalue weighted by atomic mass is 16.3. The minimum Gasteiger partial charge on any atom is -0.387 e. The molecule has 2 nitrogen and oxygen atoms in total. The van der Waals surface area contributed by atoms with Gasteiger partial charge in [0, 0.05) is 0 Å². The number of aryl methyl sites for hydroxylation is 1. The lowest BCUT2D eigenvalue weighted by atomic mass is 9.70. The average Bonchev–Trinajstić information content (AvgIpc) is 2.47. The molecule has 0 bridgehead atoms. The molecule has 1 unspecified atom stereocenters. The summed E-state index contributed by atoms with van der Waals surface area (Å²) in [6.45, 7) is 2.10. The number of nitrogens with zero attached hydrogens (tertiary/aromatic N) is 1. The van der Waals surface area contributed by atoms with Crippen LogP contribution < -0.4 is 0 Å². The molecule has 108 valence electrons. The monoisotopic (exact) mass is 271 g/mol. The molecule has 1 fully saturated rings. The maximum absolute atomic E-state index is 10.9. The molecule has 0 saturated heterocycles. The second-order valence-electron chi connectivity index (χ2n) is 5.99. The second kappa shape index (κ2) is 6.90. The molecule has 0 radical (unpaired) electrons. The lowest BCUT2D eigenvalue weighted by molar-refractivity contribution is 0.0428. The summed E-state index contributed by atoms with van der Waals surface area (Å²) in [4.78, 5) is 0. The van der Waals surface area contributed by atoms with Gasteiger partial charge in [-0.2, -0.15) is 5.26 Å². The van der Waals surface area contributed by atoms with Crippen molar-refractivity contribution in [2.45, 2.75) is 64.4 Å². The summed E-state index contributed by atoms with van der Waals surface area (Å²) in [5.41, 5.74) is 1.53. The summed E-state index contributed by atoms with van der Waals surface area (Å²) in [7, 11) is 0. The molecule has 1 saturated carbocycles. The van der Waals surface area contributed by atoms with Gasteiger partial charge in [-0.1, -0.05) is 63.3 Å². The fraction of sp³-hybridized carbons (Fsp3) is 0.611. The normalized spacial score (nSPS) is 20.4. The van der Waals surface area contributed by atoms with Crippen LogP contribution in [0.5, 0.6) is 0 Å². The van der Waals surface area contributed by atoms with E-state index in [4.69, 9.17) is 0 Å². The third-order valence-electron chi connectivity index (χ3n) is 4.72. The van der Waals surface area contributed by atoms with Gasteiger partial charge in [0.1, 0.15) is 0 Å². The summed E-state index contributed by atoms with van der Waals surface area (Å²) in [6.07, 6.45) is 7.64. The molecule has 0 heterocycles. The zero-order chi connectivity index (χ0) is 14.4. The number of hydrogen-bond donors (Lipinski definition) is 1. The van der Waals surface area contributed by atoms with Gasteiger partial charge in [0.15, 0.2) is 0 Å². The molecule has 0 amide bonds. The van der Waals surface area contributed by atoms with E-state index >= 15 is 0 Å². The van der Waals surface area contributed by atoms with E-state index in [1.807, 2.05) is 18.2 Å². The van der Waals surface area contributed by atoms with Crippen molar-refractivity contribution in [1.82, 2.24) is 0 Å². The average molecular weight is 271 g/mol. The molecule has 1 aromatic rings. The third-order valence-corrected chi connectivity index (χ3v) is 4.72. The molecule has 2 rings (SSSR count). The molecular formula is C18H25NO. The van der Waals surface area contributed by atoms with Gasteiger partial charge in [0.2, 0.25) is 0 Å². The van der Waals surface area contributed by atoms with Crippen LogP contribution in [-0.2, 0) is 6.42 Å². The Labute approximate surface area is 122 Å². The maximum Gasteiger partial charge on any atom is 0.0978 e. The molecule has 1 atom stereocenters. The smallest absolute Gasteiger partial charge is 0.0978 e. The topological polar surface area (TPSA) is 44.0 Å². The molecule has 1 aliphatic carbocycles. The molecule has 1 aliphatic rings.